The first-order valence-corrected chi connectivity index (χ1v) is 16.1. The van der Waals surface area contributed by atoms with E-state index in [-0.39, 0.29) is 0 Å². The van der Waals surface area contributed by atoms with Crippen LogP contribution in [-0.4, -0.2) is 4.57 Å². The summed E-state index contributed by atoms with van der Waals surface area (Å²) in [6, 6.07) is 61.3. The predicted molar refractivity (Wildman–Crippen MR) is 190 cm³/mol. The molecule has 0 bridgehead atoms. The van der Waals surface area contributed by atoms with Gasteiger partial charge in [-0.1, -0.05) is 121 Å². The van der Waals surface area contributed by atoms with Gasteiger partial charge in [0.15, 0.2) is 0 Å². The molecule has 1 aliphatic heterocycles. The molecule has 0 aliphatic carbocycles. The van der Waals surface area contributed by atoms with Crippen molar-refractivity contribution in [2.45, 2.75) is 9.79 Å². The second kappa shape index (κ2) is 10.6. The van der Waals surface area contributed by atoms with Crippen molar-refractivity contribution in [3.63, 3.8) is 0 Å². The molecule has 0 saturated heterocycles. The summed E-state index contributed by atoms with van der Waals surface area (Å²) in [4.78, 5) is 4.96. The molecule has 1 aromatic heterocycles. The van der Waals surface area contributed by atoms with Crippen LogP contribution in [0, 0.1) is 0 Å². The average molecular weight is 593 g/mol. The molecule has 0 saturated carbocycles. The lowest BCUT2D eigenvalue weighted by Gasteiger charge is -2.33. The molecule has 8 aromatic rings. The molecule has 0 atom stereocenters. The number of hydrogen-bond acceptors (Lipinski definition) is 2. The SMILES string of the molecule is c1ccc(-c2cc(-c3ccccc3)cc(-n3c4ccccc4c4c5c(ccc43)N(c3ccccc3)c3ccccc3S5)c2)cc1. The molecule has 45 heavy (non-hydrogen) atoms. The van der Waals surface area contributed by atoms with Gasteiger partial charge in [-0.2, -0.15) is 0 Å². The molecule has 9 rings (SSSR count). The normalized spacial score (nSPS) is 12.3. The van der Waals surface area contributed by atoms with Crippen molar-refractivity contribution in [2.75, 3.05) is 4.90 Å². The van der Waals surface area contributed by atoms with Crippen molar-refractivity contribution in [3.8, 4) is 27.9 Å². The summed E-state index contributed by atoms with van der Waals surface area (Å²) in [5.74, 6) is 0. The van der Waals surface area contributed by atoms with Crippen molar-refractivity contribution in [2.24, 2.45) is 0 Å². The minimum atomic E-state index is 1.16. The molecule has 0 fully saturated rings. The Balaban J connectivity index is 1.34. The molecular weight excluding hydrogens is 565 g/mol. The maximum absolute atomic E-state index is 2.46. The van der Waals surface area contributed by atoms with E-state index in [2.05, 4.69) is 179 Å². The van der Waals surface area contributed by atoms with Crippen LogP contribution in [0.3, 0.4) is 0 Å². The molecule has 0 N–H and O–H groups in total. The Morgan fingerprint density at radius 3 is 1.71 bits per heavy atom. The maximum atomic E-state index is 2.46. The van der Waals surface area contributed by atoms with Crippen LogP contribution in [0.15, 0.2) is 180 Å². The number of para-hydroxylation sites is 3. The number of hydrogen-bond donors (Lipinski definition) is 0. The zero-order valence-corrected chi connectivity index (χ0v) is 25.3. The molecule has 1 aliphatic rings. The van der Waals surface area contributed by atoms with Crippen molar-refractivity contribution in [3.05, 3.63) is 170 Å². The summed E-state index contributed by atoms with van der Waals surface area (Å²) in [5.41, 5.74) is 12.0. The minimum absolute atomic E-state index is 1.16. The van der Waals surface area contributed by atoms with E-state index >= 15 is 0 Å². The third-order valence-corrected chi connectivity index (χ3v) is 9.92. The van der Waals surface area contributed by atoms with Gasteiger partial charge in [0.25, 0.3) is 0 Å². The standard InChI is InChI=1S/C42H28N2S/c1-4-14-29(15-5-1)31-26-32(30-16-6-2-7-17-30)28-34(27-31)44-36-21-11-10-20-35(36)41-38(44)24-25-39-42(41)45-40-23-13-12-22-37(40)43(39)33-18-8-3-9-19-33/h1-28H. The van der Waals surface area contributed by atoms with Crippen LogP contribution in [0.2, 0.25) is 0 Å². The smallest absolute Gasteiger partial charge is 0.0609 e. The molecule has 0 spiro atoms. The van der Waals surface area contributed by atoms with Crippen molar-refractivity contribution in [1.29, 1.82) is 0 Å². The first-order chi connectivity index (χ1) is 22.3. The van der Waals surface area contributed by atoms with Gasteiger partial charge < -0.3 is 9.47 Å². The van der Waals surface area contributed by atoms with Crippen LogP contribution in [0.1, 0.15) is 0 Å². The fraction of sp³-hybridized carbons (Fsp3) is 0. The molecule has 0 unspecified atom stereocenters. The molecule has 2 heterocycles. The number of nitrogens with zero attached hydrogens (tertiary/aromatic N) is 2. The topological polar surface area (TPSA) is 8.17 Å². The van der Waals surface area contributed by atoms with Crippen LogP contribution in [0.25, 0.3) is 49.7 Å². The van der Waals surface area contributed by atoms with Gasteiger partial charge in [0.1, 0.15) is 0 Å². The molecule has 7 aromatic carbocycles. The summed E-state index contributed by atoms with van der Waals surface area (Å²) < 4.78 is 2.46. The zero-order valence-electron chi connectivity index (χ0n) is 24.5. The Bertz CT molecular complexity index is 2280. The molecule has 2 nitrogen and oxygen atoms in total. The van der Waals surface area contributed by atoms with E-state index in [0.29, 0.717) is 0 Å². The number of benzene rings is 7. The molecule has 3 heteroatoms. The van der Waals surface area contributed by atoms with Crippen LogP contribution in [-0.2, 0) is 0 Å². The van der Waals surface area contributed by atoms with Gasteiger partial charge in [0, 0.05) is 31.9 Å². The summed E-state index contributed by atoms with van der Waals surface area (Å²) in [6.07, 6.45) is 0. The van der Waals surface area contributed by atoms with E-state index in [1.54, 1.807) is 0 Å². The lowest BCUT2D eigenvalue weighted by molar-refractivity contribution is 1.16. The number of aromatic nitrogens is 1. The highest BCUT2D eigenvalue weighted by Gasteiger charge is 2.28. The van der Waals surface area contributed by atoms with Crippen LogP contribution in [0.5, 0.6) is 0 Å². The fourth-order valence-corrected chi connectivity index (χ4v) is 7.94. The second-order valence-electron chi connectivity index (χ2n) is 11.4. The van der Waals surface area contributed by atoms with Gasteiger partial charge in [-0.25, -0.2) is 0 Å². The number of anilines is 3. The Labute approximate surface area is 266 Å². The predicted octanol–water partition coefficient (Wildman–Crippen LogP) is 12.1. The largest absolute Gasteiger partial charge is 0.309 e. The monoisotopic (exact) mass is 592 g/mol. The van der Waals surface area contributed by atoms with Gasteiger partial charge in [0.2, 0.25) is 0 Å². The highest BCUT2D eigenvalue weighted by Crippen LogP contribution is 2.55. The van der Waals surface area contributed by atoms with E-state index in [0.717, 1.165) is 11.4 Å². The summed E-state index contributed by atoms with van der Waals surface area (Å²) >= 11 is 1.88. The first kappa shape index (κ1) is 25.9. The number of rotatable bonds is 4. The van der Waals surface area contributed by atoms with Crippen molar-refractivity contribution < 1.29 is 0 Å². The van der Waals surface area contributed by atoms with E-state index < -0.39 is 0 Å². The quantitative estimate of drug-likeness (QED) is 0.201. The maximum Gasteiger partial charge on any atom is 0.0609 e. The molecule has 0 amide bonds. The van der Waals surface area contributed by atoms with Gasteiger partial charge in [-0.3, -0.25) is 0 Å². The average Bonchev–Trinajstić information content (AvgIpc) is 3.46. The first-order valence-electron chi connectivity index (χ1n) is 15.3. The summed E-state index contributed by atoms with van der Waals surface area (Å²) in [5, 5.41) is 2.55. The second-order valence-corrected chi connectivity index (χ2v) is 12.5. The van der Waals surface area contributed by atoms with E-state index in [4.69, 9.17) is 0 Å². The van der Waals surface area contributed by atoms with Gasteiger partial charge in [-0.05, 0) is 82.9 Å². The van der Waals surface area contributed by atoms with Crippen LogP contribution < -0.4 is 4.90 Å². The highest BCUT2D eigenvalue weighted by atomic mass is 32.2. The summed E-state index contributed by atoms with van der Waals surface area (Å²) in [7, 11) is 0. The van der Waals surface area contributed by atoms with Gasteiger partial charge >= 0.3 is 0 Å². The lowest BCUT2D eigenvalue weighted by atomic mass is 9.98. The molecule has 212 valence electrons. The molecule has 0 radical (unpaired) electrons. The Kier molecular flexibility index (Phi) is 6.10. The Morgan fingerprint density at radius 2 is 1.00 bits per heavy atom. The van der Waals surface area contributed by atoms with Crippen LogP contribution >= 0.6 is 11.8 Å². The van der Waals surface area contributed by atoms with Crippen molar-refractivity contribution in [1.82, 2.24) is 4.57 Å². The fourth-order valence-electron chi connectivity index (χ4n) is 6.73. The Hall–Kier alpha value is -5.51. The van der Waals surface area contributed by atoms with E-state index in [1.807, 2.05) is 11.8 Å². The highest BCUT2D eigenvalue weighted by molar-refractivity contribution is 8.00. The summed E-state index contributed by atoms with van der Waals surface area (Å²) in [6.45, 7) is 0. The Morgan fingerprint density at radius 1 is 0.400 bits per heavy atom. The molecular formula is C42H28N2S. The lowest BCUT2D eigenvalue weighted by Crippen LogP contribution is -2.14. The van der Waals surface area contributed by atoms with Crippen molar-refractivity contribution >= 4 is 50.6 Å². The minimum Gasteiger partial charge on any atom is -0.309 e. The van der Waals surface area contributed by atoms with E-state index in [9.17, 15) is 0 Å². The van der Waals surface area contributed by atoms with Crippen LogP contribution in [0.4, 0.5) is 17.1 Å². The van der Waals surface area contributed by atoms with Gasteiger partial charge in [-0.15, -0.1) is 0 Å². The number of fused-ring (bicyclic) bond motifs is 6. The zero-order chi connectivity index (χ0) is 29.7. The third-order valence-electron chi connectivity index (χ3n) is 8.73. The van der Waals surface area contributed by atoms with Gasteiger partial charge in [0.05, 0.1) is 22.4 Å². The van der Waals surface area contributed by atoms with E-state index in [1.165, 1.54) is 65.2 Å². The third kappa shape index (κ3) is 4.28.